The first-order valence-corrected chi connectivity index (χ1v) is 8.62. The summed E-state index contributed by atoms with van der Waals surface area (Å²) in [6.07, 6.45) is 7.36. The van der Waals surface area contributed by atoms with Crippen LogP contribution >= 0.6 is 0 Å². The van der Waals surface area contributed by atoms with Crippen LogP contribution in [0.5, 0.6) is 0 Å². The number of hydrogen-bond acceptors (Lipinski definition) is 4. The van der Waals surface area contributed by atoms with Crippen LogP contribution < -0.4 is 0 Å². The average molecular weight is 333 g/mol. The minimum absolute atomic E-state index is 0.130. The van der Waals surface area contributed by atoms with Gasteiger partial charge >= 0.3 is 11.9 Å². The molecule has 2 aliphatic rings. The lowest BCUT2D eigenvalue weighted by Gasteiger charge is -2.30. The first-order valence-electron chi connectivity index (χ1n) is 8.62. The van der Waals surface area contributed by atoms with Gasteiger partial charge in [-0.3, -0.25) is 9.59 Å². The van der Waals surface area contributed by atoms with E-state index in [4.69, 9.17) is 9.84 Å². The summed E-state index contributed by atoms with van der Waals surface area (Å²) in [4.78, 5) is 24.1. The zero-order valence-electron chi connectivity index (χ0n) is 14.5. The summed E-state index contributed by atoms with van der Waals surface area (Å²) in [6.45, 7) is 1.12. The van der Waals surface area contributed by atoms with Crippen LogP contribution in [-0.2, 0) is 14.3 Å². The number of carbonyl (C=O) groups is 2. The summed E-state index contributed by atoms with van der Waals surface area (Å²) < 4.78 is 4.70. The molecular weight excluding hydrogens is 306 g/mol. The van der Waals surface area contributed by atoms with Gasteiger partial charge in [-0.25, -0.2) is 0 Å². The van der Waals surface area contributed by atoms with Gasteiger partial charge in [0.1, 0.15) is 12.5 Å². The molecule has 5 heteroatoms. The summed E-state index contributed by atoms with van der Waals surface area (Å²) in [5, 5.41) is 8.95. The number of ether oxygens (including phenoxy) is 1. The number of aliphatic carboxylic acids is 1. The van der Waals surface area contributed by atoms with Crippen molar-refractivity contribution in [2.24, 2.45) is 0 Å². The molecule has 0 radical (unpaired) electrons. The number of fused-ring (bicyclic) bond motifs is 2. The third-order valence-electron chi connectivity index (χ3n) is 5.01. The lowest BCUT2D eigenvalue weighted by Crippen LogP contribution is -2.35. The van der Waals surface area contributed by atoms with E-state index in [-0.39, 0.29) is 6.61 Å². The molecule has 2 bridgehead atoms. The molecule has 2 saturated heterocycles. The second kappa shape index (κ2) is 8.83. The van der Waals surface area contributed by atoms with Crippen LogP contribution in [-0.4, -0.2) is 47.7 Å². The fourth-order valence-corrected chi connectivity index (χ4v) is 3.57. The lowest BCUT2D eigenvalue weighted by atomic mass is 10.0. The van der Waals surface area contributed by atoms with E-state index in [0.29, 0.717) is 5.56 Å². The van der Waals surface area contributed by atoms with Crippen LogP contribution in [0.4, 0.5) is 0 Å². The minimum atomic E-state index is -0.998. The molecule has 1 aromatic carbocycles. The molecule has 3 atom stereocenters. The van der Waals surface area contributed by atoms with Crippen molar-refractivity contribution in [1.29, 1.82) is 0 Å². The fourth-order valence-electron chi connectivity index (χ4n) is 3.57. The van der Waals surface area contributed by atoms with Gasteiger partial charge in [-0.1, -0.05) is 36.8 Å². The molecular formula is C19H27NO4. The highest BCUT2D eigenvalue weighted by Crippen LogP contribution is 2.33. The van der Waals surface area contributed by atoms with E-state index >= 15 is 0 Å². The molecule has 5 nitrogen and oxygen atoms in total. The number of esters is 1. The van der Waals surface area contributed by atoms with E-state index in [0.717, 1.165) is 12.1 Å². The van der Waals surface area contributed by atoms with Crippen molar-refractivity contribution < 1.29 is 19.4 Å². The van der Waals surface area contributed by atoms with Crippen LogP contribution in [0.25, 0.3) is 0 Å². The molecule has 24 heavy (non-hydrogen) atoms. The Kier molecular flexibility index (Phi) is 6.79. The third kappa shape index (κ3) is 5.06. The Bertz CT molecular complexity index is 530. The molecule has 0 saturated carbocycles. The number of carboxylic acids is 1. The van der Waals surface area contributed by atoms with Crippen LogP contribution in [0.15, 0.2) is 30.3 Å². The van der Waals surface area contributed by atoms with Crippen molar-refractivity contribution in [3.8, 4) is 0 Å². The maximum absolute atomic E-state index is 10.9. The normalized spacial score (nSPS) is 23.8. The van der Waals surface area contributed by atoms with Crippen LogP contribution in [0.1, 0.15) is 50.5 Å². The van der Waals surface area contributed by atoms with Gasteiger partial charge < -0.3 is 14.7 Å². The summed E-state index contributed by atoms with van der Waals surface area (Å²) >= 11 is 0. The Hall–Kier alpha value is -1.88. The second-order valence-electron chi connectivity index (χ2n) is 6.59. The van der Waals surface area contributed by atoms with Gasteiger partial charge in [-0.15, -0.1) is 0 Å². The molecule has 2 fully saturated rings. The zero-order valence-corrected chi connectivity index (χ0v) is 14.5. The molecule has 0 aliphatic carbocycles. The summed E-state index contributed by atoms with van der Waals surface area (Å²) in [5.74, 6) is -2.27. The molecule has 2 heterocycles. The number of nitrogens with zero attached hydrogens (tertiary/aromatic N) is 1. The molecule has 2 aliphatic heterocycles. The summed E-state index contributed by atoms with van der Waals surface area (Å²) in [7, 11) is 2.29. The van der Waals surface area contributed by atoms with E-state index in [1.54, 1.807) is 30.3 Å². The van der Waals surface area contributed by atoms with E-state index in [2.05, 4.69) is 11.9 Å². The van der Waals surface area contributed by atoms with Crippen molar-refractivity contribution in [3.63, 3.8) is 0 Å². The summed E-state index contributed by atoms with van der Waals surface area (Å²) in [5.41, 5.74) is 0.631. The second-order valence-corrected chi connectivity index (χ2v) is 6.59. The first-order chi connectivity index (χ1) is 11.5. The van der Waals surface area contributed by atoms with Gasteiger partial charge in [-0.05, 0) is 38.3 Å². The standard InChI is InChI=1S/C11H12O4.C8H15N/c1-8(12)15-7-10(11(13)14)9-5-3-2-4-6-9;1-9-7-3-2-4-8(9)6-5-7/h2-6,10H,7H2,1H3,(H,13,14);7-8H,2-6H2,1H3. The summed E-state index contributed by atoms with van der Waals surface area (Å²) in [6, 6.07) is 10.6. The highest BCUT2D eigenvalue weighted by Gasteiger charge is 2.33. The molecule has 132 valence electrons. The van der Waals surface area contributed by atoms with Gasteiger partial charge in [0.15, 0.2) is 0 Å². The Balaban J connectivity index is 0.000000194. The highest BCUT2D eigenvalue weighted by molar-refractivity contribution is 5.77. The quantitative estimate of drug-likeness (QED) is 0.858. The molecule has 1 N–H and O–H groups in total. The topological polar surface area (TPSA) is 66.8 Å². The molecule has 1 aromatic rings. The Morgan fingerprint density at radius 1 is 1.17 bits per heavy atom. The highest BCUT2D eigenvalue weighted by atomic mass is 16.5. The Morgan fingerprint density at radius 2 is 1.75 bits per heavy atom. The maximum atomic E-state index is 10.9. The SMILES string of the molecule is CC(=O)OCC(C(=O)O)c1ccccc1.CN1C2CCCC1CC2. The number of piperidine rings is 1. The Labute approximate surface area is 143 Å². The molecule has 0 spiro atoms. The van der Waals surface area contributed by atoms with E-state index < -0.39 is 17.9 Å². The number of carboxylic acid groups (broad SMARTS) is 1. The van der Waals surface area contributed by atoms with E-state index in [1.165, 1.54) is 39.0 Å². The van der Waals surface area contributed by atoms with Crippen LogP contribution in [0.3, 0.4) is 0 Å². The predicted octanol–water partition coefficient (Wildman–Crippen LogP) is 3.05. The van der Waals surface area contributed by atoms with Crippen molar-refractivity contribution >= 4 is 11.9 Å². The van der Waals surface area contributed by atoms with Gasteiger partial charge in [0.2, 0.25) is 0 Å². The van der Waals surface area contributed by atoms with Crippen LogP contribution in [0, 0.1) is 0 Å². The molecule has 0 amide bonds. The van der Waals surface area contributed by atoms with Gasteiger partial charge in [0.25, 0.3) is 0 Å². The molecule has 3 rings (SSSR count). The van der Waals surface area contributed by atoms with Gasteiger partial charge in [0.05, 0.1) is 0 Å². The number of carbonyl (C=O) groups excluding carboxylic acids is 1. The van der Waals surface area contributed by atoms with E-state index in [9.17, 15) is 9.59 Å². The largest absolute Gasteiger partial charge is 0.481 e. The average Bonchev–Trinajstić information content (AvgIpc) is 2.77. The van der Waals surface area contributed by atoms with Gasteiger partial charge in [0, 0.05) is 19.0 Å². The van der Waals surface area contributed by atoms with Crippen molar-refractivity contribution in [2.45, 2.75) is 57.0 Å². The van der Waals surface area contributed by atoms with Crippen molar-refractivity contribution in [3.05, 3.63) is 35.9 Å². The molecule has 3 unspecified atom stereocenters. The van der Waals surface area contributed by atoms with Crippen molar-refractivity contribution in [2.75, 3.05) is 13.7 Å². The first kappa shape index (κ1) is 18.5. The minimum Gasteiger partial charge on any atom is -0.481 e. The van der Waals surface area contributed by atoms with E-state index in [1.807, 2.05) is 0 Å². The monoisotopic (exact) mass is 333 g/mol. The predicted molar refractivity (Wildman–Crippen MR) is 91.9 cm³/mol. The Morgan fingerprint density at radius 3 is 2.21 bits per heavy atom. The van der Waals surface area contributed by atoms with Gasteiger partial charge in [-0.2, -0.15) is 0 Å². The number of rotatable bonds is 4. The number of hydrogen-bond donors (Lipinski definition) is 1. The smallest absolute Gasteiger partial charge is 0.314 e. The number of benzene rings is 1. The van der Waals surface area contributed by atoms with Crippen molar-refractivity contribution in [1.82, 2.24) is 4.90 Å². The van der Waals surface area contributed by atoms with Crippen LogP contribution in [0.2, 0.25) is 0 Å². The fraction of sp³-hybridized carbons (Fsp3) is 0.579. The maximum Gasteiger partial charge on any atom is 0.314 e. The third-order valence-corrected chi connectivity index (χ3v) is 5.01. The zero-order chi connectivity index (χ0) is 17.5. The lowest BCUT2D eigenvalue weighted by molar-refractivity contribution is -0.146. The molecule has 0 aromatic heterocycles.